The molecule has 2 rings (SSSR count). The molecule has 0 bridgehead atoms. The van der Waals surface area contributed by atoms with E-state index in [1.165, 1.54) is 12.1 Å². The van der Waals surface area contributed by atoms with Gasteiger partial charge >= 0.3 is 0 Å². The van der Waals surface area contributed by atoms with E-state index in [0.29, 0.717) is 11.4 Å². The Morgan fingerprint density at radius 1 is 1.30 bits per heavy atom. The van der Waals surface area contributed by atoms with Crippen LogP contribution in [0.2, 0.25) is 10.0 Å². The average Bonchev–Trinajstić information content (AvgIpc) is 2.85. The third-order valence-corrected chi connectivity index (χ3v) is 3.42. The number of carbonyl (C=O) groups is 1. The fraction of sp³-hybridized carbons (Fsp3) is 0.214. The van der Waals surface area contributed by atoms with Crippen molar-refractivity contribution in [1.82, 2.24) is 4.57 Å². The molecule has 1 aromatic carbocycles. The lowest BCUT2D eigenvalue weighted by atomic mass is 10.2. The highest BCUT2D eigenvalue weighted by Crippen LogP contribution is 2.34. The Labute approximate surface area is 126 Å². The number of hydrogen-bond donors (Lipinski definition) is 2. The van der Waals surface area contributed by atoms with E-state index in [0.717, 1.165) is 0 Å². The van der Waals surface area contributed by atoms with Crippen LogP contribution in [0.25, 0.3) is 0 Å². The van der Waals surface area contributed by atoms with E-state index in [1.807, 2.05) is 30.7 Å². The quantitative estimate of drug-likeness (QED) is 0.829. The summed E-state index contributed by atoms with van der Waals surface area (Å²) < 4.78 is 1.86. The number of hydrogen-bond acceptors (Lipinski definition) is 2. The largest absolute Gasteiger partial charge is 0.505 e. The van der Waals surface area contributed by atoms with Gasteiger partial charge in [-0.05, 0) is 38.1 Å². The summed E-state index contributed by atoms with van der Waals surface area (Å²) in [6, 6.07) is 6.62. The van der Waals surface area contributed by atoms with Gasteiger partial charge in [-0.1, -0.05) is 23.2 Å². The van der Waals surface area contributed by atoms with Crippen LogP contribution in [0.15, 0.2) is 30.5 Å². The van der Waals surface area contributed by atoms with Crippen molar-refractivity contribution in [2.45, 2.75) is 19.9 Å². The van der Waals surface area contributed by atoms with Crippen LogP contribution in [0.5, 0.6) is 5.75 Å². The van der Waals surface area contributed by atoms with Crippen molar-refractivity contribution in [3.05, 3.63) is 46.2 Å². The smallest absolute Gasteiger partial charge is 0.272 e. The van der Waals surface area contributed by atoms with Gasteiger partial charge in [0.05, 0.1) is 10.0 Å². The molecule has 0 fully saturated rings. The summed E-state index contributed by atoms with van der Waals surface area (Å²) in [6.45, 7) is 3.98. The first-order chi connectivity index (χ1) is 9.40. The Balaban J connectivity index is 2.26. The molecule has 106 valence electrons. The van der Waals surface area contributed by atoms with Crippen LogP contribution in [0, 0.1) is 0 Å². The standard InChI is InChI=1S/C14H14Cl2N2O2/c1-8(2)18-5-3-4-12(18)14(20)17-9-6-10(15)13(19)11(16)7-9/h3-8,19H,1-2H3,(H,17,20). The fourth-order valence-electron chi connectivity index (χ4n) is 1.87. The number of carbonyl (C=O) groups excluding carboxylic acids is 1. The molecule has 0 spiro atoms. The van der Waals surface area contributed by atoms with Gasteiger partial charge in [0.2, 0.25) is 0 Å². The molecular weight excluding hydrogens is 299 g/mol. The van der Waals surface area contributed by atoms with Gasteiger partial charge in [0.15, 0.2) is 5.75 Å². The maximum atomic E-state index is 12.2. The number of benzene rings is 1. The van der Waals surface area contributed by atoms with Crippen LogP contribution in [0.1, 0.15) is 30.4 Å². The molecule has 0 unspecified atom stereocenters. The lowest BCUT2D eigenvalue weighted by Gasteiger charge is -2.13. The summed E-state index contributed by atoms with van der Waals surface area (Å²) in [7, 11) is 0. The summed E-state index contributed by atoms with van der Waals surface area (Å²) in [4.78, 5) is 12.2. The zero-order chi connectivity index (χ0) is 14.9. The lowest BCUT2D eigenvalue weighted by molar-refractivity contribution is 0.101. The third-order valence-electron chi connectivity index (χ3n) is 2.84. The summed E-state index contributed by atoms with van der Waals surface area (Å²) in [5.74, 6) is -0.460. The maximum absolute atomic E-state index is 12.2. The van der Waals surface area contributed by atoms with Gasteiger partial charge in [-0.15, -0.1) is 0 Å². The van der Waals surface area contributed by atoms with Gasteiger partial charge in [-0.3, -0.25) is 4.79 Å². The Morgan fingerprint density at radius 2 is 1.90 bits per heavy atom. The molecule has 20 heavy (non-hydrogen) atoms. The molecule has 1 amide bonds. The summed E-state index contributed by atoms with van der Waals surface area (Å²) in [5, 5.41) is 12.4. The number of phenolic OH excluding ortho intramolecular Hbond substituents is 1. The zero-order valence-corrected chi connectivity index (χ0v) is 12.5. The van der Waals surface area contributed by atoms with Gasteiger partial charge in [0.1, 0.15) is 5.69 Å². The molecule has 2 N–H and O–H groups in total. The third kappa shape index (κ3) is 2.92. The number of halogens is 2. The van der Waals surface area contributed by atoms with Crippen molar-refractivity contribution < 1.29 is 9.90 Å². The van der Waals surface area contributed by atoms with Crippen molar-refractivity contribution in [1.29, 1.82) is 0 Å². The molecule has 0 aliphatic carbocycles. The second-order valence-corrected chi connectivity index (χ2v) is 5.45. The molecule has 2 aromatic rings. The van der Waals surface area contributed by atoms with Gasteiger partial charge in [-0.25, -0.2) is 0 Å². The highest BCUT2D eigenvalue weighted by Gasteiger charge is 2.14. The van der Waals surface area contributed by atoms with Crippen LogP contribution in [-0.2, 0) is 0 Å². The lowest BCUT2D eigenvalue weighted by Crippen LogP contribution is -2.17. The summed E-state index contributed by atoms with van der Waals surface area (Å²) in [6.07, 6.45) is 1.84. The molecule has 0 atom stereocenters. The van der Waals surface area contributed by atoms with E-state index >= 15 is 0 Å². The molecule has 0 aliphatic rings. The van der Waals surface area contributed by atoms with Crippen molar-refractivity contribution in [2.75, 3.05) is 5.32 Å². The Kier molecular flexibility index (Phi) is 4.26. The molecule has 6 heteroatoms. The number of nitrogens with zero attached hydrogens (tertiary/aromatic N) is 1. The van der Waals surface area contributed by atoms with Gasteiger partial charge in [0.25, 0.3) is 5.91 Å². The van der Waals surface area contributed by atoms with Crippen LogP contribution in [0.4, 0.5) is 5.69 Å². The Bertz CT molecular complexity index is 627. The molecule has 0 saturated heterocycles. The van der Waals surface area contributed by atoms with Gasteiger partial charge in [0, 0.05) is 17.9 Å². The first-order valence-corrected chi connectivity index (χ1v) is 6.82. The Hall–Kier alpha value is -1.65. The molecule has 0 aliphatic heterocycles. The van der Waals surface area contributed by atoms with E-state index in [-0.39, 0.29) is 27.7 Å². The van der Waals surface area contributed by atoms with E-state index in [1.54, 1.807) is 6.07 Å². The van der Waals surface area contributed by atoms with E-state index < -0.39 is 0 Å². The SMILES string of the molecule is CC(C)n1cccc1C(=O)Nc1cc(Cl)c(O)c(Cl)c1. The topological polar surface area (TPSA) is 54.3 Å². The number of aromatic nitrogens is 1. The first-order valence-electron chi connectivity index (χ1n) is 6.06. The Morgan fingerprint density at radius 3 is 2.45 bits per heavy atom. The number of aromatic hydroxyl groups is 1. The maximum Gasteiger partial charge on any atom is 0.272 e. The van der Waals surface area contributed by atoms with E-state index in [2.05, 4.69) is 5.32 Å². The molecular formula is C14H14Cl2N2O2. The van der Waals surface area contributed by atoms with Crippen molar-refractivity contribution in [3.63, 3.8) is 0 Å². The number of anilines is 1. The number of nitrogens with one attached hydrogen (secondary N) is 1. The van der Waals surface area contributed by atoms with E-state index in [4.69, 9.17) is 23.2 Å². The van der Waals surface area contributed by atoms with Crippen LogP contribution < -0.4 is 5.32 Å². The second-order valence-electron chi connectivity index (χ2n) is 4.64. The van der Waals surface area contributed by atoms with E-state index in [9.17, 15) is 9.90 Å². The second kappa shape index (κ2) is 5.77. The van der Waals surface area contributed by atoms with Crippen molar-refractivity contribution in [3.8, 4) is 5.75 Å². The highest BCUT2D eigenvalue weighted by molar-refractivity contribution is 6.37. The van der Waals surface area contributed by atoms with Crippen LogP contribution in [-0.4, -0.2) is 15.6 Å². The summed E-state index contributed by atoms with van der Waals surface area (Å²) >= 11 is 11.6. The van der Waals surface area contributed by atoms with Crippen LogP contribution >= 0.6 is 23.2 Å². The number of rotatable bonds is 3. The molecule has 0 radical (unpaired) electrons. The monoisotopic (exact) mass is 312 g/mol. The molecule has 1 aromatic heterocycles. The molecule has 4 nitrogen and oxygen atoms in total. The number of phenols is 1. The molecule has 1 heterocycles. The highest BCUT2D eigenvalue weighted by atomic mass is 35.5. The van der Waals surface area contributed by atoms with Crippen molar-refractivity contribution >= 4 is 34.8 Å². The van der Waals surface area contributed by atoms with Crippen LogP contribution in [0.3, 0.4) is 0 Å². The minimum Gasteiger partial charge on any atom is -0.505 e. The minimum absolute atomic E-state index is 0.0899. The molecule has 0 saturated carbocycles. The number of amides is 1. The van der Waals surface area contributed by atoms with Gasteiger partial charge in [-0.2, -0.15) is 0 Å². The predicted molar refractivity (Wildman–Crippen MR) is 80.9 cm³/mol. The zero-order valence-electron chi connectivity index (χ0n) is 11.0. The normalized spacial score (nSPS) is 10.8. The predicted octanol–water partition coefficient (Wildman–Crippen LogP) is 4.33. The minimum atomic E-state index is -0.262. The fourth-order valence-corrected chi connectivity index (χ4v) is 2.36. The van der Waals surface area contributed by atoms with Gasteiger partial charge < -0.3 is 15.0 Å². The van der Waals surface area contributed by atoms with Crippen molar-refractivity contribution in [2.24, 2.45) is 0 Å². The first kappa shape index (κ1) is 14.8. The summed E-state index contributed by atoms with van der Waals surface area (Å²) in [5.41, 5.74) is 0.972. The average molecular weight is 313 g/mol.